The molecule has 0 radical (unpaired) electrons. The molecule has 0 fully saturated rings. The number of benzene rings is 1. The normalized spacial score (nSPS) is 10.5. The van der Waals surface area contributed by atoms with Crippen LogP contribution in [-0.2, 0) is 7.05 Å². The van der Waals surface area contributed by atoms with Crippen molar-refractivity contribution >= 4 is 16.8 Å². The van der Waals surface area contributed by atoms with Crippen molar-refractivity contribution in [3.05, 3.63) is 56.6 Å². The van der Waals surface area contributed by atoms with Gasteiger partial charge in [-0.1, -0.05) is 0 Å². The Morgan fingerprint density at radius 3 is 2.37 bits per heavy atom. The number of hydrogen-bond donors (Lipinski definition) is 0. The monoisotopic (exact) mass is 283 g/mol. The Kier molecular flexibility index (Phi) is 3.30. The van der Waals surface area contributed by atoms with Crippen LogP contribution in [0.5, 0.6) is 0 Å². The second kappa shape index (κ2) is 4.77. The zero-order valence-electron chi connectivity index (χ0n) is 9.63. The number of carbonyl (C=O) groups is 1. The molecule has 0 atom stereocenters. The maximum atomic E-state index is 12.8. The van der Waals surface area contributed by atoms with Crippen LogP contribution in [0.2, 0.25) is 0 Å². The molecular weight excluding hydrogens is 277 g/mol. The van der Waals surface area contributed by atoms with E-state index in [0.29, 0.717) is 4.57 Å². The Morgan fingerprint density at radius 2 is 1.84 bits per heavy atom. The van der Waals surface area contributed by atoms with Gasteiger partial charge in [-0.25, -0.2) is 18.4 Å². The first-order chi connectivity index (χ1) is 8.91. The van der Waals surface area contributed by atoms with Crippen LogP contribution in [0.1, 0.15) is 10.5 Å². The standard InChI is InChI=1S/C11H7ClFN3O3/c1-15-11(19)16(7-4-2-6(13)3-5-7)10(18)8(14-15)9(12)17/h2-5H,1H3. The van der Waals surface area contributed by atoms with Crippen molar-refractivity contribution in [2.24, 2.45) is 7.05 Å². The van der Waals surface area contributed by atoms with E-state index < -0.39 is 28.0 Å². The predicted octanol–water partition coefficient (Wildman–Crippen LogP) is 0.449. The fourth-order valence-corrected chi connectivity index (χ4v) is 1.63. The molecule has 2 rings (SSSR count). The Hall–Kier alpha value is -2.28. The van der Waals surface area contributed by atoms with E-state index in [0.717, 1.165) is 16.8 Å². The molecule has 98 valence electrons. The van der Waals surface area contributed by atoms with E-state index >= 15 is 0 Å². The van der Waals surface area contributed by atoms with Gasteiger partial charge >= 0.3 is 5.69 Å². The van der Waals surface area contributed by atoms with Crippen LogP contribution in [-0.4, -0.2) is 19.6 Å². The summed E-state index contributed by atoms with van der Waals surface area (Å²) in [5.41, 5.74) is -2.17. The highest BCUT2D eigenvalue weighted by molar-refractivity contribution is 6.67. The van der Waals surface area contributed by atoms with Gasteiger partial charge in [-0.3, -0.25) is 9.59 Å². The van der Waals surface area contributed by atoms with Gasteiger partial charge in [0.15, 0.2) is 0 Å². The highest BCUT2D eigenvalue weighted by Crippen LogP contribution is 2.05. The lowest BCUT2D eigenvalue weighted by Gasteiger charge is -2.07. The quantitative estimate of drug-likeness (QED) is 0.750. The van der Waals surface area contributed by atoms with E-state index in [1.807, 2.05) is 0 Å². The molecule has 0 unspecified atom stereocenters. The van der Waals surface area contributed by atoms with E-state index in [1.54, 1.807) is 0 Å². The summed E-state index contributed by atoms with van der Waals surface area (Å²) in [6, 6.07) is 4.65. The third-order valence-corrected chi connectivity index (χ3v) is 2.57. The number of nitrogens with zero attached hydrogens (tertiary/aromatic N) is 3. The zero-order valence-corrected chi connectivity index (χ0v) is 10.4. The van der Waals surface area contributed by atoms with Gasteiger partial charge in [-0.05, 0) is 35.9 Å². The summed E-state index contributed by atoms with van der Waals surface area (Å²) < 4.78 is 14.3. The van der Waals surface area contributed by atoms with Crippen LogP contribution in [0.3, 0.4) is 0 Å². The Balaban J connectivity index is 2.83. The smallest absolute Gasteiger partial charge is 0.274 e. The third kappa shape index (κ3) is 2.32. The number of halogens is 2. The zero-order chi connectivity index (χ0) is 14.2. The minimum Gasteiger partial charge on any atom is -0.274 e. The molecule has 0 aliphatic heterocycles. The molecule has 0 aliphatic carbocycles. The maximum Gasteiger partial charge on any atom is 0.351 e. The molecule has 6 nitrogen and oxygen atoms in total. The highest BCUT2D eigenvalue weighted by Gasteiger charge is 2.17. The van der Waals surface area contributed by atoms with Crippen LogP contribution >= 0.6 is 11.6 Å². The highest BCUT2D eigenvalue weighted by atomic mass is 35.5. The van der Waals surface area contributed by atoms with Crippen LogP contribution < -0.4 is 11.2 Å². The maximum absolute atomic E-state index is 12.8. The summed E-state index contributed by atoms with van der Waals surface area (Å²) in [5, 5.41) is 2.42. The van der Waals surface area contributed by atoms with Gasteiger partial charge in [0.1, 0.15) is 5.82 Å². The molecule has 1 aromatic heterocycles. The first-order valence-corrected chi connectivity index (χ1v) is 5.45. The number of hydrogen-bond acceptors (Lipinski definition) is 4. The molecule has 0 bridgehead atoms. The second-order valence-electron chi connectivity index (χ2n) is 3.65. The summed E-state index contributed by atoms with van der Waals surface area (Å²) in [6.45, 7) is 0. The topological polar surface area (TPSA) is 74.0 Å². The number of carbonyl (C=O) groups excluding carboxylic acids is 1. The molecule has 0 saturated heterocycles. The molecular formula is C11H7ClFN3O3. The van der Waals surface area contributed by atoms with Crippen molar-refractivity contribution in [2.75, 3.05) is 0 Å². The lowest BCUT2D eigenvalue weighted by molar-refractivity contribution is 0.107. The minimum absolute atomic E-state index is 0.119. The van der Waals surface area contributed by atoms with Gasteiger partial charge in [0.05, 0.1) is 5.69 Å². The molecule has 2 aromatic rings. The van der Waals surface area contributed by atoms with Crippen LogP contribution in [0.4, 0.5) is 4.39 Å². The van der Waals surface area contributed by atoms with Gasteiger partial charge in [0.2, 0.25) is 5.69 Å². The Bertz CT molecular complexity index is 764. The molecule has 1 aromatic carbocycles. The van der Waals surface area contributed by atoms with E-state index in [1.165, 1.54) is 19.2 Å². The lowest BCUT2D eigenvalue weighted by atomic mass is 10.3. The summed E-state index contributed by atoms with van der Waals surface area (Å²) in [5.74, 6) is -0.517. The number of rotatable bonds is 2. The summed E-state index contributed by atoms with van der Waals surface area (Å²) in [4.78, 5) is 34.9. The van der Waals surface area contributed by atoms with Crippen LogP contribution in [0.25, 0.3) is 5.69 Å². The predicted molar refractivity (Wildman–Crippen MR) is 65.2 cm³/mol. The second-order valence-corrected chi connectivity index (χ2v) is 3.99. The Morgan fingerprint density at radius 1 is 1.26 bits per heavy atom. The van der Waals surface area contributed by atoms with E-state index in [-0.39, 0.29) is 5.69 Å². The molecule has 0 saturated carbocycles. The number of aryl methyl sites for hydroxylation is 1. The molecule has 0 amide bonds. The van der Waals surface area contributed by atoms with Crippen LogP contribution in [0.15, 0.2) is 33.9 Å². The van der Waals surface area contributed by atoms with Crippen molar-refractivity contribution in [3.63, 3.8) is 0 Å². The van der Waals surface area contributed by atoms with Crippen LogP contribution in [0, 0.1) is 5.82 Å². The molecule has 19 heavy (non-hydrogen) atoms. The Labute approximate surface area is 110 Å². The van der Waals surface area contributed by atoms with Gasteiger partial charge < -0.3 is 0 Å². The molecule has 0 N–H and O–H groups in total. The van der Waals surface area contributed by atoms with E-state index in [9.17, 15) is 18.8 Å². The fourth-order valence-electron chi connectivity index (χ4n) is 1.51. The minimum atomic E-state index is -1.07. The summed E-state index contributed by atoms with van der Waals surface area (Å²) in [6.07, 6.45) is 0. The van der Waals surface area contributed by atoms with Crippen molar-refractivity contribution < 1.29 is 9.18 Å². The van der Waals surface area contributed by atoms with Gasteiger partial charge in [0.25, 0.3) is 10.8 Å². The fraction of sp³-hybridized carbons (Fsp3) is 0.0909. The van der Waals surface area contributed by atoms with Crippen molar-refractivity contribution in [2.45, 2.75) is 0 Å². The summed E-state index contributed by atoms with van der Waals surface area (Å²) in [7, 11) is 1.27. The SMILES string of the molecule is Cn1nc(C(=O)Cl)c(=O)n(-c2ccc(F)cc2)c1=O. The molecule has 0 spiro atoms. The first kappa shape index (κ1) is 13.2. The van der Waals surface area contributed by atoms with Gasteiger partial charge in [-0.15, -0.1) is 0 Å². The van der Waals surface area contributed by atoms with E-state index in [2.05, 4.69) is 5.10 Å². The van der Waals surface area contributed by atoms with Crippen molar-refractivity contribution in [1.82, 2.24) is 14.3 Å². The average molecular weight is 284 g/mol. The van der Waals surface area contributed by atoms with Crippen molar-refractivity contribution in [1.29, 1.82) is 0 Å². The first-order valence-electron chi connectivity index (χ1n) is 5.08. The molecule has 0 aliphatic rings. The third-order valence-electron chi connectivity index (χ3n) is 2.39. The summed E-state index contributed by atoms with van der Waals surface area (Å²) >= 11 is 5.23. The van der Waals surface area contributed by atoms with Crippen molar-refractivity contribution in [3.8, 4) is 5.69 Å². The van der Waals surface area contributed by atoms with Gasteiger partial charge in [0, 0.05) is 7.05 Å². The lowest BCUT2D eigenvalue weighted by Crippen LogP contribution is -2.42. The number of aromatic nitrogens is 3. The van der Waals surface area contributed by atoms with E-state index in [4.69, 9.17) is 11.6 Å². The average Bonchev–Trinajstić information content (AvgIpc) is 2.36. The molecule has 8 heteroatoms. The largest absolute Gasteiger partial charge is 0.351 e. The molecule has 1 heterocycles. The van der Waals surface area contributed by atoms with Gasteiger partial charge in [-0.2, -0.15) is 5.10 Å².